The molecule has 22 heavy (non-hydrogen) atoms. The number of aryl methyl sites for hydroxylation is 2. The van der Waals surface area contributed by atoms with Crippen molar-refractivity contribution >= 4 is 16.0 Å². The van der Waals surface area contributed by atoms with Crippen LogP contribution in [0, 0.1) is 13.8 Å². The van der Waals surface area contributed by atoms with Crippen LogP contribution in [0.3, 0.4) is 0 Å². The van der Waals surface area contributed by atoms with E-state index in [4.69, 9.17) is 9.15 Å². The topological polar surface area (TPSA) is 94.3 Å². The molecule has 1 aromatic carbocycles. The molecule has 0 aliphatic rings. The number of nitrogens with zero attached hydrogens (tertiary/aromatic N) is 2. The van der Waals surface area contributed by atoms with Crippen LogP contribution in [0.1, 0.15) is 36.8 Å². The average Bonchev–Trinajstić information content (AvgIpc) is 2.82. The molecule has 0 aliphatic carbocycles. The van der Waals surface area contributed by atoms with Crippen molar-refractivity contribution in [1.82, 2.24) is 10.2 Å². The molecule has 0 aliphatic heterocycles. The zero-order valence-electron chi connectivity index (χ0n) is 13.2. The van der Waals surface area contributed by atoms with Gasteiger partial charge >= 0.3 is 6.01 Å². The minimum Gasteiger partial charge on any atom is -0.496 e. The molecule has 0 saturated carbocycles. The van der Waals surface area contributed by atoms with E-state index in [1.165, 1.54) is 0 Å². The number of benzene rings is 1. The van der Waals surface area contributed by atoms with Gasteiger partial charge in [0, 0.05) is 6.92 Å². The molecule has 2 rings (SSSR count). The van der Waals surface area contributed by atoms with Crippen molar-refractivity contribution in [2.45, 2.75) is 38.5 Å². The second kappa shape index (κ2) is 5.96. The molecule has 2 aromatic rings. The number of nitrogens with one attached hydrogen (secondary N) is 1. The van der Waals surface area contributed by atoms with Crippen molar-refractivity contribution < 1.29 is 17.6 Å². The fraction of sp³-hybridized carbons (Fsp3) is 0.429. The summed E-state index contributed by atoms with van der Waals surface area (Å²) in [6, 6.07) is 3.17. The Morgan fingerprint density at radius 3 is 2.41 bits per heavy atom. The Hall–Kier alpha value is -2.09. The second-order valence-electron chi connectivity index (χ2n) is 5.25. The number of ether oxygens (including phenoxy) is 1. The van der Waals surface area contributed by atoms with Gasteiger partial charge in [0.15, 0.2) is 0 Å². The Balaban J connectivity index is 2.52. The monoisotopic (exact) mass is 325 g/mol. The molecular weight excluding hydrogens is 306 g/mol. The van der Waals surface area contributed by atoms with Crippen molar-refractivity contribution in [3.63, 3.8) is 0 Å². The number of hydrogen-bond donors (Lipinski definition) is 1. The molecule has 0 radical (unpaired) electrons. The number of sulfonamides is 1. The largest absolute Gasteiger partial charge is 0.496 e. The lowest BCUT2D eigenvalue weighted by Gasteiger charge is -2.16. The molecular formula is C14H19N3O4S. The fourth-order valence-electron chi connectivity index (χ4n) is 2.09. The lowest BCUT2D eigenvalue weighted by molar-refractivity contribution is 0.410. The van der Waals surface area contributed by atoms with Crippen molar-refractivity contribution in [2.75, 3.05) is 11.8 Å². The smallest absolute Gasteiger partial charge is 0.329 e. The highest BCUT2D eigenvalue weighted by molar-refractivity contribution is 7.92. The number of anilines is 1. The van der Waals surface area contributed by atoms with E-state index in [0.717, 1.165) is 5.56 Å². The molecule has 120 valence electrons. The Bertz CT molecular complexity index is 781. The third-order valence-electron chi connectivity index (χ3n) is 3.19. The van der Waals surface area contributed by atoms with E-state index in [1.54, 1.807) is 33.1 Å². The SMILES string of the molecule is COc1cc(C(C)C)c(S(=O)(=O)Nc2nnc(C)o2)cc1C. The van der Waals surface area contributed by atoms with Gasteiger partial charge in [-0.15, -0.1) is 5.10 Å². The van der Waals surface area contributed by atoms with Gasteiger partial charge in [0.05, 0.1) is 12.0 Å². The van der Waals surface area contributed by atoms with E-state index in [9.17, 15) is 8.42 Å². The van der Waals surface area contributed by atoms with Crippen LogP contribution in [0.15, 0.2) is 21.4 Å². The van der Waals surface area contributed by atoms with Gasteiger partial charge in [-0.05, 0) is 36.1 Å². The Kier molecular flexibility index (Phi) is 4.41. The van der Waals surface area contributed by atoms with E-state index >= 15 is 0 Å². The van der Waals surface area contributed by atoms with Gasteiger partial charge in [0.2, 0.25) is 5.89 Å². The quantitative estimate of drug-likeness (QED) is 0.908. The maximum absolute atomic E-state index is 12.6. The molecule has 0 unspecified atom stereocenters. The van der Waals surface area contributed by atoms with Crippen LogP contribution < -0.4 is 9.46 Å². The number of hydrogen-bond acceptors (Lipinski definition) is 6. The zero-order valence-corrected chi connectivity index (χ0v) is 14.0. The third-order valence-corrected chi connectivity index (χ3v) is 4.56. The molecule has 1 N–H and O–H groups in total. The van der Waals surface area contributed by atoms with Gasteiger partial charge in [-0.2, -0.15) is 0 Å². The van der Waals surface area contributed by atoms with Crippen molar-refractivity contribution in [2.24, 2.45) is 0 Å². The number of aromatic nitrogens is 2. The highest BCUT2D eigenvalue weighted by atomic mass is 32.2. The zero-order chi connectivity index (χ0) is 16.5. The van der Waals surface area contributed by atoms with Crippen molar-refractivity contribution in [3.05, 3.63) is 29.2 Å². The maximum Gasteiger partial charge on any atom is 0.329 e. The minimum atomic E-state index is -3.82. The molecule has 0 amide bonds. The summed E-state index contributed by atoms with van der Waals surface area (Å²) in [5.41, 5.74) is 1.39. The van der Waals surface area contributed by atoms with Crippen LogP contribution >= 0.6 is 0 Å². The summed E-state index contributed by atoms with van der Waals surface area (Å²) in [4.78, 5) is 0.177. The summed E-state index contributed by atoms with van der Waals surface area (Å²) in [7, 11) is -2.27. The summed E-state index contributed by atoms with van der Waals surface area (Å²) in [5, 5.41) is 7.26. The summed E-state index contributed by atoms with van der Waals surface area (Å²) < 4.78 is 37.9. The lowest BCUT2D eigenvalue weighted by atomic mass is 10.0. The first kappa shape index (κ1) is 16.3. The lowest BCUT2D eigenvalue weighted by Crippen LogP contribution is -2.16. The molecule has 7 nitrogen and oxygen atoms in total. The molecule has 8 heteroatoms. The predicted octanol–water partition coefficient (Wildman–Crippen LogP) is 2.62. The Labute approximate surface area is 129 Å². The summed E-state index contributed by atoms with van der Waals surface area (Å²) in [6.07, 6.45) is 0. The molecule has 0 atom stereocenters. The Morgan fingerprint density at radius 1 is 1.23 bits per heavy atom. The predicted molar refractivity (Wildman–Crippen MR) is 81.7 cm³/mol. The molecule has 0 spiro atoms. The van der Waals surface area contributed by atoms with Gasteiger partial charge in [0.1, 0.15) is 5.75 Å². The van der Waals surface area contributed by atoms with Crippen LogP contribution in [0.5, 0.6) is 5.75 Å². The van der Waals surface area contributed by atoms with Gasteiger partial charge < -0.3 is 9.15 Å². The second-order valence-corrected chi connectivity index (χ2v) is 6.90. The van der Waals surface area contributed by atoms with E-state index in [-0.39, 0.29) is 22.7 Å². The highest BCUT2D eigenvalue weighted by Gasteiger charge is 2.24. The molecule has 1 heterocycles. The van der Waals surface area contributed by atoms with E-state index in [2.05, 4.69) is 14.9 Å². The number of rotatable bonds is 5. The highest BCUT2D eigenvalue weighted by Crippen LogP contribution is 2.31. The molecule has 0 fully saturated rings. The first-order valence-electron chi connectivity index (χ1n) is 6.76. The van der Waals surface area contributed by atoms with E-state index < -0.39 is 10.0 Å². The maximum atomic E-state index is 12.6. The molecule has 0 saturated heterocycles. The van der Waals surface area contributed by atoms with Crippen molar-refractivity contribution in [3.8, 4) is 5.75 Å². The molecule has 0 bridgehead atoms. The average molecular weight is 325 g/mol. The van der Waals surface area contributed by atoms with Crippen molar-refractivity contribution in [1.29, 1.82) is 0 Å². The van der Waals surface area contributed by atoms with Crippen LogP contribution in [0.4, 0.5) is 6.01 Å². The van der Waals surface area contributed by atoms with Gasteiger partial charge in [-0.1, -0.05) is 18.9 Å². The van der Waals surface area contributed by atoms with Crippen LogP contribution in [0.2, 0.25) is 0 Å². The van der Waals surface area contributed by atoms with Gasteiger partial charge in [-0.3, -0.25) is 0 Å². The van der Waals surface area contributed by atoms with Crippen LogP contribution in [-0.2, 0) is 10.0 Å². The normalized spacial score (nSPS) is 11.7. The van der Waals surface area contributed by atoms with Crippen LogP contribution in [-0.4, -0.2) is 25.7 Å². The van der Waals surface area contributed by atoms with Crippen LogP contribution in [0.25, 0.3) is 0 Å². The molecule has 1 aromatic heterocycles. The summed E-state index contributed by atoms with van der Waals surface area (Å²) in [5.74, 6) is 0.939. The minimum absolute atomic E-state index is 0.00509. The third kappa shape index (κ3) is 3.22. The first-order valence-corrected chi connectivity index (χ1v) is 8.24. The van der Waals surface area contributed by atoms with E-state index in [0.29, 0.717) is 11.3 Å². The fourth-order valence-corrected chi connectivity index (χ4v) is 3.45. The van der Waals surface area contributed by atoms with Gasteiger partial charge in [-0.25, -0.2) is 13.1 Å². The number of methoxy groups -OCH3 is 1. The van der Waals surface area contributed by atoms with E-state index in [1.807, 2.05) is 13.8 Å². The van der Waals surface area contributed by atoms with Gasteiger partial charge in [0.25, 0.3) is 10.0 Å². The summed E-state index contributed by atoms with van der Waals surface area (Å²) >= 11 is 0. The standard InChI is InChI=1S/C14H19N3O4S/c1-8(2)11-7-12(20-5)9(3)6-13(11)22(18,19)17-14-16-15-10(4)21-14/h6-8H,1-5H3,(H,16,17). The summed E-state index contributed by atoms with van der Waals surface area (Å²) in [6.45, 7) is 7.21. The first-order chi connectivity index (χ1) is 10.2. The Morgan fingerprint density at radius 2 is 1.91 bits per heavy atom.